The van der Waals surface area contributed by atoms with Gasteiger partial charge in [-0.05, 0) is 18.2 Å². The zero-order chi connectivity index (χ0) is 13.0. The second-order valence-corrected chi connectivity index (χ2v) is 4.64. The number of rotatable bonds is 4. The number of aromatic nitrogens is 1. The zero-order valence-corrected chi connectivity index (χ0v) is 10.8. The molecular formula is C12H14N4OS. The van der Waals surface area contributed by atoms with Gasteiger partial charge in [-0.2, -0.15) is 0 Å². The highest BCUT2D eigenvalue weighted by Crippen LogP contribution is 2.21. The Morgan fingerprint density at radius 3 is 3.00 bits per heavy atom. The minimum absolute atomic E-state index is 0.132. The predicted octanol–water partition coefficient (Wildman–Crippen LogP) is 1.70. The van der Waals surface area contributed by atoms with Crippen LogP contribution in [0.3, 0.4) is 0 Å². The van der Waals surface area contributed by atoms with Crippen LogP contribution in [0.25, 0.3) is 0 Å². The van der Waals surface area contributed by atoms with Crippen molar-refractivity contribution in [2.75, 3.05) is 18.1 Å². The van der Waals surface area contributed by atoms with Crippen molar-refractivity contribution in [3.8, 4) is 0 Å². The maximum absolute atomic E-state index is 11.5. The lowest BCUT2D eigenvalue weighted by Crippen LogP contribution is -2.18. The van der Waals surface area contributed by atoms with Gasteiger partial charge in [0.25, 0.3) is 5.91 Å². The summed E-state index contributed by atoms with van der Waals surface area (Å²) in [5.41, 5.74) is 7.79. The van der Waals surface area contributed by atoms with E-state index in [0.29, 0.717) is 17.8 Å². The number of hydrogen-bond acceptors (Lipinski definition) is 5. The quantitative estimate of drug-likeness (QED) is 0.733. The molecule has 0 atom stereocenters. The van der Waals surface area contributed by atoms with Crippen molar-refractivity contribution in [3.05, 3.63) is 40.3 Å². The SMILES string of the molecule is CNC(=O)c1ccc(N)c(NCc2nccs2)c1. The smallest absolute Gasteiger partial charge is 0.251 e. The van der Waals surface area contributed by atoms with Crippen LogP contribution in [0.4, 0.5) is 11.4 Å². The van der Waals surface area contributed by atoms with E-state index in [4.69, 9.17) is 5.73 Å². The first kappa shape index (κ1) is 12.4. The van der Waals surface area contributed by atoms with Crippen LogP contribution in [0.2, 0.25) is 0 Å². The fraction of sp³-hybridized carbons (Fsp3) is 0.167. The number of hydrogen-bond donors (Lipinski definition) is 3. The summed E-state index contributed by atoms with van der Waals surface area (Å²) in [7, 11) is 1.60. The van der Waals surface area contributed by atoms with Crippen molar-refractivity contribution in [1.29, 1.82) is 0 Å². The van der Waals surface area contributed by atoms with Gasteiger partial charge in [0.1, 0.15) is 5.01 Å². The molecule has 1 aromatic heterocycles. The molecule has 94 valence electrons. The Bertz CT molecular complexity index is 539. The van der Waals surface area contributed by atoms with Crippen LogP contribution >= 0.6 is 11.3 Å². The van der Waals surface area contributed by atoms with Crippen molar-refractivity contribution < 1.29 is 4.79 Å². The van der Waals surface area contributed by atoms with Crippen molar-refractivity contribution in [2.24, 2.45) is 0 Å². The van der Waals surface area contributed by atoms with Crippen LogP contribution in [0, 0.1) is 0 Å². The van der Waals surface area contributed by atoms with Crippen LogP contribution in [0.15, 0.2) is 29.8 Å². The van der Waals surface area contributed by atoms with E-state index >= 15 is 0 Å². The van der Waals surface area contributed by atoms with Crippen molar-refractivity contribution in [3.63, 3.8) is 0 Å². The molecule has 6 heteroatoms. The Balaban J connectivity index is 2.13. The topological polar surface area (TPSA) is 80.0 Å². The number of thiazole rings is 1. The number of nitrogens with two attached hydrogens (primary N) is 1. The molecule has 5 nitrogen and oxygen atoms in total. The Kier molecular flexibility index (Phi) is 3.78. The average Bonchev–Trinajstić information content (AvgIpc) is 2.90. The molecule has 0 saturated heterocycles. The lowest BCUT2D eigenvalue weighted by Gasteiger charge is -2.09. The number of benzene rings is 1. The summed E-state index contributed by atoms with van der Waals surface area (Å²) in [4.78, 5) is 15.7. The average molecular weight is 262 g/mol. The van der Waals surface area contributed by atoms with Gasteiger partial charge in [0.2, 0.25) is 0 Å². The van der Waals surface area contributed by atoms with E-state index in [9.17, 15) is 4.79 Å². The summed E-state index contributed by atoms with van der Waals surface area (Å²) in [6, 6.07) is 5.15. The molecule has 0 saturated carbocycles. The van der Waals surface area contributed by atoms with Crippen LogP contribution in [-0.4, -0.2) is 17.9 Å². The van der Waals surface area contributed by atoms with Gasteiger partial charge >= 0.3 is 0 Å². The largest absolute Gasteiger partial charge is 0.397 e. The van der Waals surface area contributed by atoms with E-state index in [0.717, 1.165) is 10.7 Å². The molecule has 0 aliphatic carbocycles. The summed E-state index contributed by atoms with van der Waals surface area (Å²) in [6.07, 6.45) is 1.76. The number of nitrogen functional groups attached to an aromatic ring is 1. The minimum Gasteiger partial charge on any atom is -0.397 e. The van der Waals surface area contributed by atoms with Gasteiger partial charge in [-0.1, -0.05) is 0 Å². The molecule has 0 aliphatic heterocycles. The third-order valence-electron chi connectivity index (χ3n) is 2.46. The van der Waals surface area contributed by atoms with Crippen molar-refractivity contribution in [2.45, 2.75) is 6.54 Å². The second-order valence-electron chi connectivity index (χ2n) is 3.66. The molecule has 0 radical (unpaired) electrons. The third kappa shape index (κ3) is 2.78. The Morgan fingerprint density at radius 2 is 2.33 bits per heavy atom. The van der Waals surface area contributed by atoms with Gasteiger partial charge in [0.05, 0.1) is 17.9 Å². The van der Waals surface area contributed by atoms with Gasteiger partial charge in [-0.25, -0.2) is 4.98 Å². The molecule has 0 fully saturated rings. The van der Waals surface area contributed by atoms with Crippen LogP contribution < -0.4 is 16.4 Å². The monoisotopic (exact) mass is 262 g/mol. The first-order valence-corrected chi connectivity index (χ1v) is 6.32. The summed E-state index contributed by atoms with van der Waals surface area (Å²) in [5, 5.41) is 8.65. The van der Waals surface area contributed by atoms with Gasteiger partial charge in [-0.15, -0.1) is 11.3 Å². The van der Waals surface area contributed by atoms with E-state index < -0.39 is 0 Å². The molecule has 0 bridgehead atoms. The van der Waals surface area contributed by atoms with Gasteiger partial charge < -0.3 is 16.4 Å². The summed E-state index contributed by atoms with van der Waals surface area (Å²) in [6.45, 7) is 0.596. The third-order valence-corrected chi connectivity index (χ3v) is 3.24. The molecule has 1 heterocycles. The molecule has 4 N–H and O–H groups in total. The lowest BCUT2D eigenvalue weighted by molar-refractivity contribution is 0.0963. The van der Waals surface area contributed by atoms with Crippen LogP contribution in [-0.2, 0) is 6.54 Å². The summed E-state index contributed by atoms with van der Waals surface area (Å²) in [5.74, 6) is -0.132. The van der Waals surface area contributed by atoms with Crippen LogP contribution in [0.1, 0.15) is 15.4 Å². The number of carbonyl (C=O) groups is 1. The molecule has 2 aromatic rings. The maximum Gasteiger partial charge on any atom is 0.251 e. The summed E-state index contributed by atoms with van der Waals surface area (Å²) < 4.78 is 0. The molecular weight excluding hydrogens is 248 g/mol. The molecule has 1 amide bonds. The predicted molar refractivity (Wildman–Crippen MR) is 73.7 cm³/mol. The Labute approximate surface area is 109 Å². The van der Waals surface area contributed by atoms with Crippen molar-refractivity contribution in [1.82, 2.24) is 10.3 Å². The highest BCUT2D eigenvalue weighted by atomic mass is 32.1. The number of nitrogens with one attached hydrogen (secondary N) is 2. The van der Waals surface area contributed by atoms with E-state index in [1.165, 1.54) is 0 Å². The van der Waals surface area contributed by atoms with Crippen LogP contribution in [0.5, 0.6) is 0 Å². The van der Waals surface area contributed by atoms with Gasteiger partial charge in [-0.3, -0.25) is 4.79 Å². The number of anilines is 2. The number of nitrogens with zero attached hydrogens (tertiary/aromatic N) is 1. The van der Waals surface area contributed by atoms with Crippen molar-refractivity contribution >= 4 is 28.6 Å². The van der Waals surface area contributed by atoms with E-state index in [2.05, 4.69) is 15.6 Å². The Hall–Kier alpha value is -2.08. The molecule has 2 rings (SSSR count). The molecule has 18 heavy (non-hydrogen) atoms. The van der Waals surface area contributed by atoms with Gasteiger partial charge in [0, 0.05) is 24.2 Å². The number of carbonyl (C=O) groups excluding carboxylic acids is 1. The van der Waals surface area contributed by atoms with E-state index in [1.54, 1.807) is 42.8 Å². The molecule has 0 aliphatic rings. The molecule has 1 aromatic carbocycles. The highest BCUT2D eigenvalue weighted by Gasteiger charge is 2.07. The first-order valence-electron chi connectivity index (χ1n) is 5.44. The second kappa shape index (κ2) is 5.50. The maximum atomic E-state index is 11.5. The Morgan fingerprint density at radius 1 is 1.50 bits per heavy atom. The first-order chi connectivity index (χ1) is 8.70. The minimum atomic E-state index is -0.132. The molecule has 0 spiro atoms. The fourth-order valence-corrected chi connectivity index (χ4v) is 2.06. The van der Waals surface area contributed by atoms with E-state index in [1.807, 2.05) is 5.38 Å². The zero-order valence-electron chi connectivity index (χ0n) is 9.93. The lowest BCUT2D eigenvalue weighted by atomic mass is 10.1. The summed E-state index contributed by atoms with van der Waals surface area (Å²) >= 11 is 1.57. The van der Waals surface area contributed by atoms with E-state index in [-0.39, 0.29) is 5.91 Å². The normalized spacial score (nSPS) is 10.1. The highest BCUT2D eigenvalue weighted by molar-refractivity contribution is 7.09. The standard InChI is InChI=1S/C12H14N4OS/c1-14-12(17)8-2-3-9(13)10(6-8)16-7-11-15-4-5-18-11/h2-6,16H,7,13H2,1H3,(H,14,17). The molecule has 0 unspecified atom stereocenters. The fourth-order valence-electron chi connectivity index (χ4n) is 1.51. The van der Waals surface area contributed by atoms with Gasteiger partial charge in [0.15, 0.2) is 0 Å². The number of amides is 1.